The molecule has 29 heavy (non-hydrogen) atoms. The van der Waals surface area contributed by atoms with Crippen LogP contribution in [0.5, 0.6) is 0 Å². The molecule has 0 unspecified atom stereocenters. The molecule has 0 aliphatic carbocycles. The zero-order valence-corrected chi connectivity index (χ0v) is 16.1. The fraction of sp³-hybridized carbons (Fsp3) is 0.211. The molecule has 0 aliphatic rings. The van der Waals surface area contributed by atoms with Gasteiger partial charge in [0.15, 0.2) is 5.65 Å². The Balaban J connectivity index is 1.61. The lowest BCUT2D eigenvalue weighted by molar-refractivity contribution is -0.116. The van der Waals surface area contributed by atoms with Gasteiger partial charge < -0.3 is 5.32 Å². The number of carbonyl (C=O) groups is 1. The molecule has 10 heteroatoms. The molecular formula is C19H18N8O2. The van der Waals surface area contributed by atoms with Gasteiger partial charge in [0.2, 0.25) is 5.91 Å². The van der Waals surface area contributed by atoms with Crippen LogP contribution in [0, 0.1) is 20.8 Å². The summed E-state index contributed by atoms with van der Waals surface area (Å²) in [7, 11) is 0. The Labute approximate surface area is 165 Å². The third kappa shape index (κ3) is 3.72. The highest BCUT2D eigenvalue weighted by Crippen LogP contribution is 2.15. The lowest BCUT2D eigenvalue weighted by Crippen LogP contribution is -2.28. The molecule has 0 aromatic carbocycles. The van der Waals surface area contributed by atoms with Gasteiger partial charge in [-0.05, 0) is 39.0 Å². The van der Waals surface area contributed by atoms with Crippen molar-refractivity contribution in [2.75, 3.05) is 5.32 Å². The van der Waals surface area contributed by atoms with E-state index in [4.69, 9.17) is 0 Å². The van der Waals surface area contributed by atoms with Gasteiger partial charge in [0.1, 0.15) is 18.7 Å². The fourth-order valence-electron chi connectivity index (χ4n) is 2.99. The second-order valence-corrected chi connectivity index (χ2v) is 6.63. The van der Waals surface area contributed by atoms with Crippen LogP contribution in [0.15, 0.2) is 41.6 Å². The highest BCUT2D eigenvalue weighted by molar-refractivity contribution is 5.90. The highest BCUT2D eigenvalue weighted by atomic mass is 16.2. The number of rotatable bonds is 4. The van der Waals surface area contributed by atoms with Crippen LogP contribution in [0.25, 0.3) is 17.0 Å². The minimum Gasteiger partial charge on any atom is -0.309 e. The molecule has 0 fully saturated rings. The van der Waals surface area contributed by atoms with Crippen molar-refractivity contribution >= 4 is 22.8 Å². The summed E-state index contributed by atoms with van der Waals surface area (Å²) in [6, 6.07) is 6.85. The van der Waals surface area contributed by atoms with Crippen LogP contribution < -0.4 is 10.9 Å². The van der Waals surface area contributed by atoms with Crippen molar-refractivity contribution in [3.05, 3.63) is 64.2 Å². The minimum atomic E-state index is -0.400. The van der Waals surface area contributed by atoms with Gasteiger partial charge in [0, 0.05) is 23.7 Å². The monoisotopic (exact) mass is 390 g/mol. The molecule has 1 N–H and O–H groups in total. The molecule has 0 aliphatic heterocycles. The van der Waals surface area contributed by atoms with Crippen molar-refractivity contribution < 1.29 is 4.79 Å². The van der Waals surface area contributed by atoms with E-state index >= 15 is 0 Å². The Hall–Kier alpha value is -3.95. The molecule has 10 nitrogen and oxygen atoms in total. The molecule has 4 rings (SSSR count). The first-order valence-electron chi connectivity index (χ1n) is 8.90. The first kappa shape index (κ1) is 18.4. The van der Waals surface area contributed by atoms with Gasteiger partial charge in [0.05, 0.1) is 11.1 Å². The average molecular weight is 390 g/mol. The minimum absolute atomic E-state index is 0.200. The summed E-state index contributed by atoms with van der Waals surface area (Å²) < 4.78 is 2.71. The van der Waals surface area contributed by atoms with E-state index in [1.54, 1.807) is 31.3 Å². The van der Waals surface area contributed by atoms with Crippen LogP contribution >= 0.6 is 0 Å². The fourth-order valence-corrected chi connectivity index (χ4v) is 2.99. The third-order valence-electron chi connectivity index (χ3n) is 4.17. The Morgan fingerprint density at radius 3 is 2.59 bits per heavy atom. The summed E-state index contributed by atoms with van der Waals surface area (Å²) in [6.07, 6.45) is 2.87. The molecule has 0 spiro atoms. The number of hydrogen-bond acceptors (Lipinski definition) is 7. The number of nitrogens with one attached hydrogen (secondary N) is 1. The number of fused-ring (bicyclic) bond motifs is 1. The maximum atomic E-state index is 12.6. The van der Waals surface area contributed by atoms with Gasteiger partial charge in [-0.3, -0.25) is 14.2 Å². The van der Waals surface area contributed by atoms with E-state index in [9.17, 15) is 9.59 Å². The topological polar surface area (TPSA) is 120 Å². The van der Waals surface area contributed by atoms with Crippen LogP contribution in [0.3, 0.4) is 0 Å². The molecule has 0 bridgehead atoms. The van der Waals surface area contributed by atoms with Crippen molar-refractivity contribution in [1.82, 2.24) is 34.3 Å². The summed E-state index contributed by atoms with van der Waals surface area (Å²) in [5, 5.41) is 7.49. The zero-order valence-electron chi connectivity index (χ0n) is 16.1. The van der Waals surface area contributed by atoms with E-state index in [0.717, 1.165) is 11.4 Å². The summed E-state index contributed by atoms with van der Waals surface area (Å²) in [5.74, 6) is 0.380. The van der Waals surface area contributed by atoms with E-state index in [-0.39, 0.29) is 12.1 Å². The highest BCUT2D eigenvalue weighted by Gasteiger charge is 2.15. The smallest absolute Gasteiger partial charge is 0.263 e. The number of aryl methyl sites for hydroxylation is 3. The lowest BCUT2D eigenvalue weighted by Gasteiger charge is -2.10. The predicted molar refractivity (Wildman–Crippen MR) is 106 cm³/mol. The Bertz CT molecular complexity index is 1270. The molecule has 4 aromatic heterocycles. The predicted octanol–water partition coefficient (Wildman–Crippen LogP) is 1.33. The molecule has 0 saturated carbocycles. The van der Waals surface area contributed by atoms with Crippen LogP contribution in [-0.2, 0) is 11.3 Å². The lowest BCUT2D eigenvalue weighted by atomic mass is 10.3. The SMILES string of the molecule is Cc1cc(C)nc(-n2nc(C)cc2NC(=O)Cn2cnc3ncccc3c2=O)n1. The van der Waals surface area contributed by atoms with E-state index in [2.05, 4.69) is 30.4 Å². The summed E-state index contributed by atoms with van der Waals surface area (Å²) >= 11 is 0. The van der Waals surface area contributed by atoms with Crippen LogP contribution in [0.2, 0.25) is 0 Å². The number of aromatic nitrogens is 7. The second kappa shape index (κ2) is 7.23. The number of hydrogen-bond donors (Lipinski definition) is 1. The number of anilines is 1. The Morgan fingerprint density at radius 2 is 1.83 bits per heavy atom. The maximum absolute atomic E-state index is 12.6. The van der Waals surface area contributed by atoms with Crippen LogP contribution in [-0.4, -0.2) is 40.2 Å². The van der Waals surface area contributed by atoms with Crippen molar-refractivity contribution in [1.29, 1.82) is 0 Å². The van der Waals surface area contributed by atoms with Crippen molar-refractivity contribution in [3.8, 4) is 5.95 Å². The largest absolute Gasteiger partial charge is 0.309 e. The second-order valence-electron chi connectivity index (χ2n) is 6.63. The van der Waals surface area contributed by atoms with Gasteiger partial charge in [-0.25, -0.2) is 19.9 Å². The molecule has 4 aromatic rings. The van der Waals surface area contributed by atoms with Crippen molar-refractivity contribution in [3.63, 3.8) is 0 Å². The molecule has 0 radical (unpaired) electrons. The maximum Gasteiger partial charge on any atom is 0.263 e. The number of amides is 1. The van der Waals surface area contributed by atoms with E-state index in [1.165, 1.54) is 15.6 Å². The molecule has 0 atom stereocenters. The quantitative estimate of drug-likeness (QED) is 0.558. The molecule has 4 heterocycles. The standard InChI is InChI=1S/C19H18N8O2/c1-11-7-12(2)23-19(22-11)27-15(8-13(3)25-27)24-16(28)9-26-10-21-17-14(18(26)29)5-4-6-20-17/h4-8,10H,9H2,1-3H3,(H,24,28). The Kier molecular flexibility index (Phi) is 4.59. The first-order chi connectivity index (χ1) is 13.9. The normalized spacial score (nSPS) is 11.0. The third-order valence-corrected chi connectivity index (χ3v) is 4.17. The summed E-state index contributed by atoms with van der Waals surface area (Å²) in [5.41, 5.74) is 2.29. The van der Waals surface area contributed by atoms with E-state index in [1.807, 2.05) is 19.9 Å². The number of carbonyl (C=O) groups excluding carboxylic acids is 1. The van der Waals surface area contributed by atoms with E-state index < -0.39 is 5.91 Å². The van der Waals surface area contributed by atoms with Gasteiger partial charge in [-0.1, -0.05) is 0 Å². The van der Waals surface area contributed by atoms with Crippen molar-refractivity contribution in [2.24, 2.45) is 0 Å². The first-order valence-corrected chi connectivity index (χ1v) is 8.90. The van der Waals surface area contributed by atoms with Gasteiger partial charge in [-0.2, -0.15) is 9.78 Å². The van der Waals surface area contributed by atoms with Gasteiger partial charge in [-0.15, -0.1) is 0 Å². The van der Waals surface area contributed by atoms with Crippen LogP contribution in [0.4, 0.5) is 5.82 Å². The summed E-state index contributed by atoms with van der Waals surface area (Å²) in [6.45, 7) is 5.33. The molecule has 146 valence electrons. The summed E-state index contributed by atoms with van der Waals surface area (Å²) in [4.78, 5) is 42.1. The number of pyridine rings is 1. The molecular weight excluding hydrogens is 372 g/mol. The number of nitrogens with zero attached hydrogens (tertiary/aromatic N) is 7. The Morgan fingerprint density at radius 1 is 1.07 bits per heavy atom. The van der Waals surface area contributed by atoms with Gasteiger partial charge in [0.25, 0.3) is 11.5 Å². The molecule has 0 saturated heterocycles. The van der Waals surface area contributed by atoms with E-state index in [0.29, 0.717) is 28.5 Å². The van der Waals surface area contributed by atoms with Crippen LogP contribution in [0.1, 0.15) is 17.1 Å². The van der Waals surface area contributed by atoms with Crippen molar-refractivity contribution in [2.45, 2.75) is 27.3 Å². The average Bonchev–Trinajstić information content (AvgIpc) is 3.03. The molecule has 1 amide bonds. The van der Waals surface area contributed by atoms with Gasteiger partial charge >= 0.3 is 0 Å². The zero-order chi connectivity index (χ0) is 20.5.